The molecule has 0 bridgehead atoms. The molecule has 3 heteroatoms. The predicted molar refractivity (Wildman–Crippen MR) is 49.8 cm³/mol. The fourth-order valence-electron chi connectivity index (χ4n) is 1.04. The summed E-state index contributed by atoms with van der Waals surface area (Å²) >= 11 is 4.19. The molecule has 0 atom stereocenters. The lowest BCUT2D eigenvalue weighted by molar-refractivity contribution is 0.466. The Hall–Kier alpha value is 0.270. The van der Waals surface area contributed by atoms with Gasteiger partial charge in [0.1, 0.15) is 0 Å². The lowest BCUT2D eigenvalue weighted by atomic mass is 10.1. The van der Waals surface area contributed by atoms with E-state index in [1.165, 1.54) is 6.42 Å². The second-order valence-electron chi connectivity index (χ2n) is 2.49. The number of nitrogens with one attached hydrogen (secondary N) is 2. The number of hydrogen-bond acceptors (Lipinski definition) is 3. The zero-order chi connectivity index (χ0) is 7.82. The highest BCUT2D eigenvalue weighted by atomic mass is 32.1. The molecule has 0 heterocycles. The van der Waals surface area contributed by atoms with Crippen molar-refractivity contribution in [3.63, 3.8) is 0 Å². The summed E-state index contributed by atoms with van der Waals surface area (Å²) in [7, 11) is 3.97. The molecular formula is C7H18N2S. The van der Waals surface area contributed by atoms with Crippen LogP contribution in [0.1, 0.15) is 6.42 Å². The summed E-state index contributed by atoms with van der Waals surface area (Å²) in [5.41, 5.74) is 0. The Morgan fingerprint density at radius 3 is 2.00 bits per heavy atom. The Kier molecular flexibility index (Phi) is 7.58. The molecule has 0 unspecified atom stereocenters. The monoisotopic (exact) mass is 162 g/mol. The highest BCUT2D eigenvalue weighted by Crippen LogP contribution is 2.00. The summed E-state index contributed by atoms with van der Waals surface area (Å²) in [6, 6.07) is 0. The first-order valence-electron chi connectivity index (χ1n) is 3.75. The maximum absolute atomic E-state index is 4.19. The highest BCUT2D eigenvalue weighted by molar-refractivity contribution is 7.80. The summed E-state index contributed by atoms with van der Waals surface area (Å²) in [6.45, 7) is 2.17. The van der Waals surface area contributed by atoms with Crippen molar-refractivity contribution in [1.82, 2.24) is 10.6 Å². The van der Waals surface area contributed by atoms with E-state index in [4.69, 9.17) is 0 Å². The van der Waals surface area contributed by atoms with Crippen LogP contribution in [-0.4, -0.2) is 32.9 Å². The second-order valence-corrected chi connectivity index (χ2v) is 2.94. The minimum atomic E-state index is 0.729. The van der Waals surface area contributed by atoms with Gasteiger partial charge in [-0.3, -0.25) is 0 Å². The summed E-state index contributed by atoms with van der Waals surface area (Å²) in [4.78, 5) is 0. The summed E-state index contributed by atoms with van der Waals surface area (Å²) in [6.07, 6.45) is 1.19. The topological polar surface area (TPSA) is 24.1 Å². The lowest BCUT2D eigenvalue weighted by Crippen LogP contribution is -2.28. The third-order valence-electron chi connectivity index (χ3n) is 1.52. The molecule has 0 aliphatic carbocycles. The third-order valence-corrected chi connectivity index (χ3v) is 1.78. The Labute approximate surface area is 69.2 Å². The Morgan fingerprint density at radius 2 is 1.70 bits per heavy atom. The molecule has 0 fully saturated rings. The Balaban J connectivity index is 3.30. The number of rotatable bonds is 6. The first kappa shape index (κ1) is 10.3. The SMILES string of the molecule is CNCC(CCS)CNC. The molecule has 62 valence electrons. The number of thiol groups is 1. The van der Waals surface area contributed by atoms with Gasteiger partial charge in [0.15, 0.2) is 0 Å². The molecule has 0 aromatic carbocycles. The van der Waals surface area contributed by atoms with Crippen LogP contribution in [0.15, 0.2) is 0 Å². The molecule has 0 aliphatic heterocycles. The predicted octanol–water partition coefficient (Wildman–Crippen LogP) is 0.361. The fraction of sp³-hybridized carbons (Fsp3) is 1.00. The van der Waals surface area contributed by atoms with Crippen molar-refractivity contribution in [3.05, 3.63) is 0 Å². The molecule has 0 radical (unpaired) electrons. The smallest absolute Gasteiger partial charge is 0.00111 e. The molecule has 0 amide bonds. The van der Waals surface area contributed by atoms with Gasteiger partial charge in [0.2, 0.25) is 0 Å². The van der Waals surface area contributed by atoms with E-state index in [1.54, 1.807) is 0 Å². The van der Waals surface area contributed by atoms with Crippen LogP contribution in [0.3, 0.4) is 0 Å². The van der Waals surface area contributed by atoms with Gasteiger partial charge in [-0.05, 0) is 45.3 Å². The molecule has 0 aliphatic rings. The summed E-state index contributed by atoms with van der Waals surface area (Å²) in [5, 5.41) is 6.33. The average Bonchev–Trinajstić information content (AvgIpc) is 1.90. The molecule has 10 heavy (non-hydrogen) atoms. The molecule has 0 saturated carbocycles. The summed E-state index contributed by atoms with van der Waals surface area (Å²) in [5.74, 6) is 1.71. The lowest BCUT2D eigenvalue weighted by Gasteiger charge is -2.13. The van der Waals surface area contributed by atoms with Crippen molar-refractivity contribution in [1.29, 1.82) is 0 Å². The molecule has 0 rings (SSSR count). The van der Waals surface area contributed by atoms with E-state index in [0.29, 0.717) is 0 Å². The Morgan fingerprint density at radius 1 is 1.20 bits per heavy atom. The minimum absolute atomic E-state index is 0.729. The van der Waals surface area contributed by atoms with Crippen LogP contribution in [0.25, 0.3) is 0 Å². The molecular weight excluding hydrogens is 144 g/mol. The van der Waals surface area contributed by atoms with Gasteiger partial charge >= 0.3 is 0 Å². The van der Waals surface area contributed by atoms with Crippen LogP contribution in [-0.2, 0) is 0 Å². The normalized spacial score (nSPS) is 10.8. The van der Waals surface area contributed by atoms with E-state index >= 15 is 0 Å². The molecule has 0 aromatic rings. The van der Waals surface area contributed by atoms with Crippen molar-refractivity contribution >= 4 is 12.6 Å². The highest BCUT2D eigenvalue weighted by Gasteiger charge is 2.03. The first-order chi connectivity index (χ1) is 4.85. The van der Waals surface area contributed by atoms with Gasteiger partial charge in [0, 0.05) is 0 Å². The Bertz CT molecular complexity index is 54.4. The van der Waals surface area contributed by atoms with Gasteiger partial charge in [0.25, 0.3) is 0 Å². The molecule has 0 saturated heterocycles. The quantitative estimate of drug-likeness (QED) is 0.491. The van der Waals surface area contributed by atoms with Gasteiger partial charge in [-0.2, -0.15) is 12.6 Å². The van der Waals surface area contributed by atoms with Crippen LogP contribution < -0.4 is 10.6 Å². The fourth-order valence-corrected chi connectivity index (χ4v) is 1.40. The van der Waals surface area contributed by atoms with E-state index in [9.17, 15) is 0 Å². The molecule has 2 nitrogen and oxygen atoms in total. The van der Waals surface area contributed by atoms with Gasteiger partial charge < -0.3 is 10.6 Å². The van der Waals surface area contributed by atoms with Gasteiger partial charge in [-0.25, -0.2) is 0 Å². The third kappa shape index (κ3) is 5.09. The van der Waals surface area contributed by atoms with Crippen LogP contribution >= 0.6 is 12.6 Å². The summed E-state index contributed by atoms with van der Waals surface area (Å²) < 4.78 is 0. The van der Waals surface area contributed by atoms with E-state index in [1.807, 2.05) is 14.1 Å². The van der Waals surface area contributed by atoms with Crippen molar-refractivity contribution < 1.29 is 0 Å². The average molecular weight is 162 g/mol. The maximum Gasteiger partial charge on any atom is -0.00111 e. The van der Waals surface area contributed by atoms with Gasteiger partial charge in [-0.15, -0.1) is 0 Å². The first-order valence-corrected chi connectivity index (χ1v) is 4.38. The van der Waals surface area contributed by atoms with Crippen LogP contribution in [0.2, 0.25) is 0 Å². The maximum atomic E-state index is 4.19. The van der Waals surface area contributed by atoms with E-state index in [2.05, 4.69) is 23.3 Å². The van der Waals surface area contributed by atoms with E-state index in [-0.39, 0.29) is 0 Å². The number of hydrogen-bond donors (Lipinski definition) is 3. The second kappa shape index (κ2) is 7.38. The van der Waals surface area contributed by atoms with Crippen LogP contribution in [0, 0.1) is 5.92 Å². The van der Waals surface area contributed by atoms with Crippen molar-refractivity contribution in [3.8, 4) is 0 Å². The molecule has 0 aromatic heterocycles. The largest absolute Gasteiger partial charge is 0.319 e. The molecule has 0 spiro atoms. The zero-order valence-electron chi connectivity index (χ0n) is 6.85. The van der Waals surface area contributed by atoms with Crippen molar-refractivity contribution in [2.24, 2.45) is 5.92 Å². The van der Waals surface area contributed by atoms with E-state index < -0.39 is 0 Å². The van der Waals surface area contributed by atoms with Crippen molar-refractivity contribution in [2.45, 2.75) is 6.42 Å². The molecule has 2 N–H and O–H groups in total. The van der Waals surface area contributed by atoms with E-state index in [0.717, 1.165) is 24.8 Å². The van der Waals surface area contributed by atoms with Crippen LogP contribution in [0.4, 0.5) is 0 Å². The zero-order valence-corrected chi connectivity index (χ0v) is 7.75. The van der Waals surface area contributed by atoms with Crippen LogP contribution in [0.5, 0.6) is 0 Å². The standard InChI is InChI=1S/C7H18N2S/c1-8-5-7(3-4-10)6-9-2/h7-10H,3-6H2,1-2H3. The van der Waals surface area contributed by atoms with Gasteiger partial charge in [0.05, 0.1) is 0 Å². The van der Waals surface area contributed by atoms with Crippen molar-refractivity contribution in [2.75, 3.05) is 32.9 Å². The minimum Gasteiger partial charge on any atom is -0.319 e. The van der Waals surface area contributed by atoms with Gasteiger partial charge in [-0.1, -0.05) is 0 Å².